The van der Waals surface area contributed by atoms with E-state index in [1.165, 1.54) is 37.3 Å². The molecule has 140 valence electrons. The monoisotopic (exact) mass is 389 g/mol. The third-order valence-corrected chi connectivity index (χ3v) is 4.83. The van der Waals surface area contributed by atoms with Crippen LogP contribution in [0.15, 0.2) is 47.4 Å². The number of nitrogens with zero attached hydrogens (tertiary/aromatic N) is 1. The van der Waals surface area contributed by atoms with Crippen molar-refractivity contribution in [2.24, 2.45) is 0 Å². The maximum absolute atomic E-state index is 12.6. The lowest BCUT2D eigenvalue weighted by molar-refractivity contribution is -0.385. The van der Waals surface area contributed by atoms with Crippen LogP contribution in [-0.4, -0.2) is 26.1 Å². The van der Waals surface area contributed by atoms with E-state index in [-0.39, 0.29) is 21.8 Å². The van der Waals surface area contributed by atoms with E-state index in [0.717, 1.165) is 12.1 Å². The van der Waals surface area contributed by atoms with E-state index in [1.54, 1.807) is 0 Å². The fourth-order valence-corrected chi connectivity index (χ4v) is 3.46. The largest absolute Gasteiger partial charge is 0.405 e. The maximum atomic E-state index is 12.6. The number of nitro benzene ring substituents is 1. The highest BCUT2D eigenvalue weighted by Crippen LogP contribution is 2.28. The van der Waals surface area contributed by atoms with Crippen LogP contribution in [0, 0.1) is 17.0 Å². The number of anilines is 2. The van der Waals surface area contributed by atoms with Gasteiger partial charge in [-0.3, -0.25) is 14.8 Å². The molecule has 0 spiro atoms. The van der Waals surface area contributed by atoms with Crippen LogP contribution in [0.4, 0.5) is 30.2 Å². The second-order valence-electron chi connectivity index (χ2n) is 5.33. The molecule has 0 aliphatic heterocycles. The summed E-state index contributed by atoms with van der Waals surface area (Å²) in [5.74, 6) is 0. The van der Waals surface area contributed by atoms with Crippen LogP contribution in [0.25, 0.3) is 0 Å². The molecule has 2 aromatic carbocycles. The summed E-state index contributed by atoms with van der Waals surface area (Å²) in [4.78, 5) is 9.78. The SMILES string of the molecule is Cc1ccc([N+](=O)[O-])cc1S(=O)(=O)Nc1ccccc1NCC(F)(F)F. The summed E-state index contributed by atoms with van der Waals surface area (Å²) in [5.41, 5.74) is -0.345. The summed E-state index contributed by atoms with van der Waals surface area (Å²) in [6.45, 7) is 0.105. The smallest absolute Gasteiger partial charge is 0.375 e. The van der Waals surface area contributed by atoms with Gasteiger partial charge in [0.1, 0.15) is 6.54 Å². The lowest BCUT2D eigenvalue weighted by Gasteiger charge is -2.16. The number of aryl methyl sites for hydroxylation is 1. The molecule has 0 saturated heterocycles. The lowest BCUT2D eigenvalue weighted by Crippen LogP contribution is -2.22. The van der Waals surface area contributed by atoms with Gasteiger partial charge in [0.25, 0.3) is 15.7 Å². The number of hydrogen-bond acceptors (Lipinski definition) is 5. The first-order chi connectivity index (χ1) is 12.0. The Morgan fingerprint density at radius 2 is 1.73 bits per heavy atom. The molecule has 0 aromatic heterocycles. The maximum Gasteiger partial charge on any atom is 0.405 e. The number of sulfonamides is 1. The number of rotatable bonds is 6. The normalized spacial score (nSPS) is 11.8. The van der Waals surface area contributed by atoms with Crippen LogP contribution in [0.1, 0.15) is 5.56 Å². The van der Waals surface area contributed by atoms with Gasteiger partial charge >= 0.3 is 6.18 Å². The number of non-ortho nitro benzene ring substituents is 1. The zero-order chi connectivity index (χ0) is 19.5. The quantitative estimate of drug-likeness (QED) is 0.580. The van der Waals surface area contributed by atoms with E-state index < -0.39 is 33.4 Å². The first-order valence-corrected chi connectivity index (χ1v) is 8.65. The molecule has 11 heteroatoms. The summed E-state index contributed by atoms with van der Waals surface area (Å²) < 4.78 is 64.5. The Balaban J connectivity index is 2.36. The summed E-state index contributed by atoms with van der Waals surface area (Å²) in [6.07, 6.45) is -4.48. The van der Waals surface area contributed by atoms with Crippen LogP contribution in [0.5, 0.6) is 0 Å². The van der Waals surface area contributed by atoms with E-state index >= 15 is 0 Å². The molecule has 2 aromatic rings. The number of para-hydroxylation sites is 2. The highest BCUT2D eigenvalue weighted by atomic mass is 32.2. The lowest BCUT2D eigenvalue weighted by atomic mass is 10.2. The second kappa shape index (κ2) is 7.20. The first kappa shape index (κ1) is 19.5. The topological polar surface area (TPSA) is 101 Å². The summed E-state index contributed by atoms with van der Waals surface area (Å²) in [5, 5.41) is 13.0. The van der Waals surface area contributed by atoms with Crippen molar-refractivity contribution < 1.29 is 26.5 Å². The minimum atomic E-state index is -4.48. The molecule has 0 fully saturated rings. The molecule has 0 aliphatic rings. The number of hydrogen-bond donors (Lipinski definition) is 2. The Hall–Kier alpha value is -2.82. The predicted molar refractivity (Wildman–Crippen MR) is 89.6 cm³/mol. The summed E-state index contributed by atoms with van der Waals surface area (Å²) >= 11 is 0. The van der Waals surface area contributed by atoms with Crippen molar-refractivity contribution in [3.05, 3.63) is 58.1 Å². The van der Waals surface area contributed by atoms with Gasteiger partial charge in [0, 0.05) is 12.1 Å². The first-order valence-electron chi connectivity index (χ1n) is 7.17. The molecule has 0 amide bonds. The minimum Gasteiger partial charge on any atom is -0.375 e. The van der Waals surface area contributed by atoms with E-state index in [4.69, 9.17) is 0 Å². The molecule has 2 rings (SSSR count). The Labute approximate surface area is 147 Å². The van der Waals surface area contributed by atoms with Crippen LogP contribution in [0.3, 0.4) is 0 Å². The van der Waals surface area contributed by atoms with Crippen LogP contribution in [0.2, 0.25) is 0 Å². The van der Waals surface area contributed by atoms with Crippen molar-refractivity contribution in [1.82, 2.24) is 0 Å². The van der Waals surface area contributed by atoms with Crippen molar-refractivity contribution in [1.29, 1.82) is 0 Å². The average molecular weight is 389 g/mol. The van der Waals surface area contributed by atoms with Crippen LogP contribution >= 0.6 is 0 Å². The van der Waals surface area contributed by atoms with Gasteiger partial charge in [0.2, 0.25) is 0 Å². The number of nitro groups is 1. The molecular weight excluding hydrogens is 375 g/mol. The molecule has 0 unspecified atom stereocenters. The zero-order valence-electron chi connectivity index (χ0n) is 13.4. The average Bonchev–Trinajstić information content (AvgIpc) is 2.53. The molecule has 0 aliphatic carbocycles. The van der Waals surface area contributed by atoms with E-state index in [0.29, 0.717) is 0 Å². The van der Waals surface area contributed by atoms with Crippen LogP contribution < -0.4 is 10.0 Å². The number of nitrogens with one attached hydrogen (secondary N) is 2. The number of benzene rings is 2. The molecule has 0 atom stereocenters. The van der Waals surface area contributed by atoms with Gasteiger partial charge in [-0.1, -0.05) is 18.2 Å². The number of halogens is 3. The van der Waals surface area contributed by atoms with Crippen molar-refractivity contribution in [3.8, 4) is 0 Å². The highest BCUT2D eigenvalue weighted by molar-refractivity contribution is 7.92. The Bertz CT molecular complexity index is 930. The molecular formula is C15H14F3N3O4S. The van der Waals surface area contributed by atoms with Crippen molar-refractivity contribution >= 4 is 27.1 Å². The number of alkyl halides is 3. The van der Waals surface area contributed by atoms with Crippen LogP contribution in [-0.2, 0) is 10.0 Å². The van der Waals surface area contributed by atoms with Gasteiger partial charge in [-0.05, 0) is 24.6 Å². The van der Waals surface area contributed by atoms with E-state index in [1.807, 2.05) is 0 Å². The third-order valence-electron chi connectivity index (χ3n) is 3.32. The van der Waals surface area contributed by atoms with Gasteiger partial charge < -0.3 is 5.32 Å². The Kier molecular flexibility index (Phi) is 5.40. The molecule has 0 saturated carbocycles. The summed E-state index contributed by atoms with van der Waals surface area (Å²) in [6, 6.07) is 8.77. The van der Waals surface area contributed by atoms with Crippen molar-refractivity contribution in [2.45, 2.75) is 18.0 Å². The van der Waals surface area contributed by atoms with Gasteiger partial charge in [-0.15, -0.1) is 0 Å². The highest BCUT2D eigenvalue weighted by Gasteiger charge is 2.27. The Morgan fingerprint density at radius 3 is 2.31 bits per heavy atom. The fourth-order valence-electron chi connectivity index (χ4n) is 2.11. The summed E-state index contributed by atoms with van der Waals surface area (Å²) in [7, 11) is -4.25. The van der Waals surface area contributed by atoms with Crippen molar-refractivity contribution in [2.75, 3.05) is 16.6 Å². The zero-order valence-corrected chi connectivity index (χ0v) is 14.2. The van der Waals surface area contributed by atoms with E-state index in [9.17, 15) is 31.7 Å². The third kappa shape index (κ3) is 4.85. The molecule has 26 heavy (non-hydrogen) atoms. The molecule has 2 N–H and O–H groups in total. The van der Waals surface area contributed by atoms with Gasteiger partial charge in [0.05, 0.1) is 21.2 Å². The standard InChI is InChI=1S/C15H14F3N3O4S/c1-10-6-7-11(21(22)23)8-14(10)26(24,25)20-13-5-3-2-4-12(13)19-9-15(16,17)18/h2-8,19-20H,9H2,1H3. The van der Waals surface area contributed by atoms with Gasteiger partial charge in [-0.2, -0.15) is 13.2 Å². The Morgan fingerprint density at radius 1 is 1.12 bits per heavy atom. The molecule has 7 nitrogen and oxygen atoms in total. The van der Waals surface area contributed by atoms with Gasteiger partial charge in [0.15, 0.2) is 0 Å². The van der Waals surface area contributed by atoms with E-state index in [2.05, 4.69) is 10.0 Å². The minimum absolute atomic E-state index is 0.0727. The van der Waals surface area contributed by atoms with Crippen molar-refractivity contribution in [3.63, 3.8) is 0 Å². The predicted octanol–water partition coefficient (Wildman–Crippen LogP) is 3.68. The van der Waals surface area contributed by atoms with Gasteiger partial charge in [-0.25, -0.2) is 8.42 Å². The second-order valence-corrected chi connectivity index (χ2v) is 6.98. The molecule has 0 heterocycles. The fraction of sp³-hybridized carbons (Fsp3) is 0.200. The molecule has 0 radical (unpaired) electrons. The molecule has 0 bridgehead atoms.